The third kappa shape index (κ3) is 3.21. The number of hydrogen-bond donors (Lipinski definition) is 0. The van der Waals surface area contributed by atoms with Crippen LogP contribution in [0.2, 0.25) is 0 Å². The summed E-state index contributed by atoms with van der Waals surface area (Å²) in [5, 5.41) is 24.8. The lowest BCUT2D eigenvalue weighted by molar-refractivity contribution is 0.754. The van der Waals surface area contributed by atoms with Crippen LogP contribution in [0.1, 0.15) is 17.0 Å². The molecule has 2 heterocycles. The lowest BCUT2D eigenvalue weighted by Crippen LogP contribution is -2.05. The van der Waals surface area contributed by atoms with Gasteiger partial charge in [-0.15, -0.1) is 10.2 Å². The van der Waals surface area contributed by atoms with Crippen LogP contribution < -0.4 is 0 Å². The van der Waals surface area contributed by atoms with Crippen molar-refractivity contribution >= 4 is 11.8 Å². The van der Waals surface area contributed by atoms with Crippen LogP contribution in [0.5, 0.6) is 0 Å². The van der Waals surface area contributed by atoms with E-state index in [1.165, 1.54) is 17.3 Å². The van der Waals surface area contributed by atoms with Gasteiger partial charge >= 0.3 is 0 Å². The maximum Gasteiger partial charge on any atom is 0.214 e. The normalized spacial score (nSPS) is 11.0. The molecule has 0 saturated heterocycles. The molecule has 0 aliphatic heterocycles. The Labute approximate surface area is 154 Å². The van der Waals surface area contributed by atoms with Crippen molar-refractivity contribution in [1.82, 2.24) is 40.4 Å². The van der Waals surface area contributed by atoms with Gasteiger partial charge in [0.05, 0.1) is 17.1 Å². The van der Waals surface area contributed by atoms with E-state index in [0.717, 1.165) is 22.8 Å². The van der Waals surface area contributed by atoms with Crippen LogP contribution >= 0.6 is 11.8 Å². The van der Waals surface area contributed by atoms with Crippen LogP contribution in [0.15, 0.2) is 53.7 Å². The topological polar surface area (TPSA) is 87.2 Å². The number of nitrogens with zero attached hydrogens (tertiary/aromatic N) is 8. The first-order valence-electron chi connectivity index (χ1n) is 8.04. The minimum absolute atomic E-state index is 0.549. The molecule has 0 aliphatic rings. The lowest BCUT2D eigenvalue weighted by atomic mass is 10.1. The number of aromatic nitrogens is 8. The Balaban J connectivity index is 1.58. The lowest BCUT2D eigenvalue weighted by Gasteiger charge is -2.08. The van der Waals surface area contributed by atoms with Crippen LogP contribution in [0.25, 0.3) is 11.4 Å². The second kappa shape index (κ2) is 7.04. The SMILES string of the molecule is Cc1ccc(-n2nnnc2CSc2nnnn2-c2ccccc2)c(C)c1. The summed E-state index contributed by atoms with van der Waals surface area (Å²) in [5.74, 6) is 1.29. The van der Waals surface area contributed by atoms with Gasteiger partial charge in [-0.05, 0) is 58.5 Å². The summed E-state index contributed by atoms with van der Waals surface area (Å²) < 4.78 is 3.47. The van der Waals surface area contributed by atoms with Crippen molar-refractivity contribution < 1.29 is 0 Å². The van der Waals surface area contributed by atoms with E-state index in [4.69, 9.17) is 0 Å². The molecular formula is C17H16N8S. The zero-order valence-electron chi connectivity index (χ0n) is 14.3. The Morgan fingerprint density at radius 1 is 0.885 bits per heavy atom. The van der Waals surface area contributed by atoms with E-state index >= 15 is 0 Å². The molecule has 0 unspecified atom stereocenters. The third-order valence-corrected chi connectivity index (χ3v) is 4.80. The fraction of sp³-hybridized carbons (Fsp3) is 0.176. The number of hydrogen-bond acceptors (Lipinski definition) is 7. The standard InChI is InChI=1S/C17H16N8S/c1-12-8-9-15(13(2)10-12)25-16(18-20-23-25)11-26-17-19-21-22-24(17)14-6-4-3-5-7-14/h3-10H,11H2,1-2H3. The summed E-state index contributed by atoms with van der Waals surface area (Å²) in [5.41, 5.74) is 4.21. The molecule has 130 valence electrons. The molecule has 0 fully saturated rings. The van der Waals surface area contributed by atoms with Gasteiger partial charge in [0.2, 0.25) is 5.16 Å². The Morgan fingerprint density at radius 3 is 2.46 bits per heavy atom. The minimum atomic E-state index is 0.549. The molecule has 0 radical (unpaired) electrons. The van der Waals surface area contributed by atoms with Crippen molar-refractivity contribution in [3.8, 4) is 11.4 Å². The number of rotatable bonds is 5. The zero-order chi connectivity index (χ0) is 17.9. The van der Waals surface area contributed by atoms with E-state index in [-0.39, 0.29) is 0 Å². The second-order valence-electron chi connectivity index (χ2n) is 5.79. The molecule has 0 amide bonds. The molecule has 0 spiro atoms. The highest BCUT2D eigenvalue weighted by atomic mass is 32.2. The third-order valence-electron chi connectivity index (χ3n) is 3.89. The predicted octanol–water partition coefficient (Wildman–Crippen LogP) is 2.55. The average Bonchev–Trinajstić information content (AvgIpc) is 3.30. The summed E-state index contributed by atoms with van der Waals surface area (Å²) in [6.45, 7) is 4.12. The van der Waals surface area contributed by atoms with Gasteiger partial charge in [0.25, 0.3) is 0 Å². The van der Waals surface area contributed by atoms with Gasteiger partial charge in [0.1, 0.15) is 0 Å². The van der Waals surface area contributed by atoms with Gasteiger partial charge in [0, 0.05) is 0 Å². The van der Waals surface area contributed by atoms with E-state index in [2.05, 4.69) is 57.0 Å². The highest BCUT2D eigenvalue weighted by Crippen LogP contribution is 2.23. The van der Waals surface area contributed by atoms with Crippen LogP contribution in [-0.4, -0.2) is 40.4 Å². The smallest absolute Gasteiger partial charge is 0.196 e. The molecule has 0 atom stereocenters. The summed E-state index contributed by atoms with van der Waals surface area (Å²) >= 11 is 1.49. The quantitative estimate of drug-likeness (QED) is 0.503. The van der Waals surface area contributed by atoms with Crippen molar-refractivity contribution in [3.63, 3.8) is 0 Å². The minimum Gasteiger partial charge on any atom is -0.196 e. The van der Waals surface area contributed by atoms with Gasteiger partial charge in [-0.1, -0.05) is 47.7 Å². The van der Waals surface area contributed by atoms with Crippen molar-refractivity contribution in [3.05, 3.63) is 65.5 Å². The Kier molecular flexibility index (Phi) is 4.44. The molecule has 9 heteroatoms. The first kappa shape index (κ1) is 16.4. The Hall–Kier alpha value is -3.07. The molecular weight excluding hydrogens is 348 g/mol. The second-order valence-corrected chi connectivity index (χ2v) is 6.74. The molecule has 0 aliphatic carbocycles. The van der Waals surface area contributed by atoms with Gasteiger partial charge in [-0.2, -0.15) is 9.36 Å². The highest BCUT2D eigenvalue weighted by Gasteiger charge is 2.14. The first-order valence-corrected chi connectivity index (χ1v) is 9.02. The van der Waals surface area contributed by atoms with Crippen molar-refractivity contribution in [2.24, 2.45) is 0 Å². The largest absolute Gasteiger partial charge is 0.214 e. The summed E-state index contributed by atoms with van der Waals surface area (Å²) in [4.78, 5) is 0. The number of aryl methyl sites for hydroxylation is 2. The van der Waals surface area contributed by atoms with Gasteiger partial charge in [-0.25, -0.2) is 0 Å². The van der Waals surface area contributed by atoms with E-state index in [9.17, 15) is 0 Å². The number of tetrazole rings is 2. The first-order chi connectivity index (χ1) is 12.7. The number of thioether (sulfide) groups is 1. The van der Waals surface area contributed by atoms with Crippen molar-refractivity contribution in [1.29, 1.82) is 0 Å². The molecule has 4 aromatic rings. The molecule has 0 bridgehead atoms. The fourth-order valence-corrected chi connectivity index (χ4v) is 3.45. The predicted molar refractivity (Wildman–Crippen MR) is 97.3 cm³/mol. The van der Waals surface area contributed by atoms with Crippen LogP contribution in [0.3, 0.4) is 0 Å². The molecule has 0 saturated carbocycles. The van der Waals surface area contributed by atoms with Crippen molar-refractivity contribution in [2.45, 2.75) is 24.8 Å². The van der Waals surface area contributed by atoms with Gasteiger partial charge in [0.15, 0.2) is 5.82 Å². The van der Waals surface area contributed by atoms with Gasteiger partial charge < -0.3 is 0 Å². The van der Waals surface area contributed by atoms with E-state index in [1.807, 2.05) is 36.4 Å². The fourth-order valence-electron chi connectivity index (χ4n) is 2.66. The maximum atomic E-state index is 4.16. The molecule has 2 aromatic carbocycles. The number of para-hydroxylation sites is 1. The Morgan fingerprint density at radius 2 is 1.65 bits per heavy atom. The zero-order valence-corrected chi connectivity index (χ0v) is 15.1. The molecule has 2 aromatic heterocycles. The average molecular weight is 364 g/mol. The highest BCUT2D eigenvalue weighted by molar-refractivity contribution is 7.98. The van der Waals surface area contributed by atoms with Crippen LogP contribution in [0, 0.1) is 13.8 Å². The summed E-state index contributed by atoms with van der Waals surface area (Å²) in [6, 6.07) is 16.0. The molecule has 8 nitrogen and oxygen atoms in total. The van der Waals surface area contributed by atoms with Crippen LogP contribution in [-0.2, 0) is 5.75 Å². The number of benzene rings is 2. The maximum absolute atomic E-state index is 4.16. The van der Waals surface area contributed by atoms with Crippen LogP contribution in [0.4, 0.5) is 0 Å². The van der Waals surface area contributed by atoms with Gasteiger partial charge in [-0.3, -0.25) is 0 Å². The molecule has 0 N–H and O–H groups in total. The van der Waals surface area contributed by atoms with E-state index < -0.39 is 0 Å². The molecule has 4 rings (SSSR count). The summed E-state index contributed by atoms with van der Waals surface area (Å²) in [7, 11) is 0. The van der Waals surface area contributed by atoms with E-state index in [0.29, 0.717) is 10.9 Å². The monoisotopic (exact) mass is 364 g/mol. The van der Waals surface area contributed by atoms with E-state index in [1.54, 1.807) is 9.36 Å². The molecule has 26 heavy (non-hydrogen) atoms. The summed E-state index contributed by atoms with van der Waals surface area (Å²) in [6.07, 6.45) is 0. The Bertz CT molecular complexity index is 1020. The van der Waals surface area contributed by atoms with Crippen molar-refractivity contribution in [2.75, 3.05) is 0 Å².